The van der Waals surface area contributed by atoms with Gasteiger partial charge in [0.1, 0.15) is 5.56 Å². The van der Waals surface area contributed by atoms with Crippen molar-refractivity contribution in [2.75, 3.05) is 5.32 Å². The minimum atomic E-state index is -1.66. The molecule has 25 heavy (non-hydrogen) atoms. The summed E-state index contributed by atoms with van der Waals surface area (Å²) < 4.78 is 39.4. The van der Waals surface area contributed by atoms with Crippen molar-refractivity contribution in [1.82, 2.24) is 4.98 Å². The minimum absolute atomic E-state index is 0.0838. The summed E-state index contributed by atoms with van der Waals surface area (Å²) in [7, 11) is 0. The van der Waals surface area contributed by atoms with Gasteiger partial charge in [0.2, 0.25) is 0 Å². The highest BCUT2D eigenvalue weighted by Gasteiger charge is 2.26. The Morgan fingerprint density at radius 3 is 2.40 bits per heavy atom. The Morgan fingerprint density at radius 1 is 1.12 bits per heavy atom. The fraction of sp³-hybridized carbons (Fsp3) is 0.235. The number of benzene rings is 1. The summed E-state index contributed by atoms with van der Waals surface area (Å²) in [5.74, 6) is -5.68. The van der Waals surface area contributed by atoms with Crippen molar-refractivity contribution < 1.29 is 22.8 Å². The van der Waals surface area contributed by atoms with E-state index in [-0.39, 0.29) is 28.5 Å². The Bertz CT molecular complexity index is 930. The summed E-state index contributed by atoms with van der Waals surface area (Å²) in [6.45, 7) is 1.87. The predicted octanol–water partition coefficient (Wildman–Crippen LogP) is 2.81. The lowest BCUT2D eigenvalue weighted by Crippen LogP contribution is -2.29. The SMILES string of the molecule is CC1CC(=O)c2cc(C(=O)Nc3cc(F)c(F)c(F)c3)c(=O)[nH]c2C1. The summed E-state index contributed by atoms with van der Waals surface area (Å²) in [6, 6.07) is 2.36. The molecule has 130 valence electrons. The number of ketones is 1. The lowest BCUT2D eigenvalue weighted by molar-refractivity contribution is 0.0952. The monoisotopic (exact) mass is 350 g/mol. The van der Waals surface area contributed by atoms with Crippen LogP contribution in [0.5, 0.6) is 0 Å². The predicted molar refractivity (Wildman–Crippen MR) is 83.1 cm³/mol. The van der Waals surface area contributed by atoms with Crippen LogP contribution in [0.3, 0.4) is 0 Å². The zero-order chi connectivity index (χ0) is 18.3. The second-order valence-corrected chi connectivity index (χ2v) is 6.05. The summed E-state index contributed by atoms with van der Waals surface area (Å²) in [4.78, 5) is 38.9. The van der Waals surface area contributed by atoms with Crippen molar-refractivity contribution in [1.29, 1.82) is 0 Å². The van der Waals surface area contributed by atoms with E-state index in [9.17, 15) is 27.6 Å². The minimum Gasteiger partial charge on any atom is -0.325 e. The van der Waals surface area contributed by atoms with E-state index in [2.05, 4.69) is 10.3 Å². The van der Waals surface area contributed by atoms with Gasteiger partial charge in [0.25, 0.3) is 11.5 Å². The molecule has 0 bridgehead atoms. The van der Waals surface area contributed by atoms with E-state index in [1.54, 1.807) is 0 Å². The van der Waals surface area contributed by atoms with Crippen molar-refractivity contribution >= 4 is 17.4 Å². The third-order valence-electron chi connectivity index (χ3n) is 4.00. The van der Waals surface area contributed by atoms with Crippen molar-refractivity contribution in [2.45, 2.75) is 19.8 Å². The number of hydrogen-bond acceptors (Lipinski definition) is 3. The smallest absolute Gasteiger partial charge is 0.261 e. The molecule has 0 saturated carbocycles. The first-order valence-electron chi connectivity index (χ1n) is 7.51. The molecule has 5 nitrogen and oxygen atoms in total. The van der Waals surface area contributed by atoms with Gasteiger partial charge in [-0.3, -0.25) is 14.4 Å². The number of carbonyl (C=O) groups excluding carboxylic acids is 2. The molecule has 0 aliphatic heterocycles. The third-order valence-corrected chi connectivity index (χ3v) is 4.00. The number of Topliss-reactive ketones (excluding diaryl/α,β-unsaturated/α-hetero) is 1. The third kappa shape index (κ3) is 3.19. The molecule has 1 atom stereocenters. The first-order valence-corrected chi connectivity index (χ1v) is 7.51. The number of hydrogen-bond donors (Lipinski definition) is 2. The molecule has 1 aromatic heterocycles. The highest BCUT2D eigenvalue weighted by Crippen LogP contribution is 2.24. The average molecular weight is 350 g/mol. The number of H-pyrrole nitrogens is 1. The Morgan fingerprint density at radius 2 is 1.76 bits per heavy atom. The van der Waals surface area contributed by atoms with Gasteiger partial charge in [-0.2, -0.15) is 0 Å². The van der Waals surface area contributed by atoms with E-state index < -0.39 is 28.9 Å². The molecule has 0 saturated heterocycles. The fourth-order valence-electron chi connectivity index (χ4n) is 2.82. The molecular weight excluding hydrogens is 337 g/mol. The number of aromatic nitrogens is 1. The van der Waals surface area contributed by atoms with Gasteiger partial charge in [-0.1, -0.05) is 6.92 Å². The normalized spacial score (nSPS) is 16.5. The lowest BCUT2D eigenvalue weighted by atomic mass is 9.86. The Labute approximate surface area is 139 Å². The molecular formula is C17H13F3N2O3. The zero-order valence-corrected chi connectivity index (χ0v) is 13.1. The largest absolute Gasteiger partial charge is 0.325 e. The topological polar surface area (TPSA) is 79.0 Å². The van der Waals surface area contributed by atoms with E-state index in [1.165, 1.54) is 6.07 Å². The van der Waals surface area contributed by atoms with Gasteiger partial charge < -0.3 is 10.3 Å². The average Bonchev–Trinajstić information content (AvgIpc) is 2.51. The quantitative estimate of drug-likeness (QED) is 0.818. The molecule has 2 aromatic rings. The molecule has 0 radical (unpaired) electrons. The maximum Gasteiger partial charge on any atom is 0.261 e. The van der Waals surface area contributed by atoms with Gasteiger partial charge in [-0.25, -0.2) is 13.2 Å². The van der Waals surface area contributed by atoms with Crippen LogP contribution in [0.2, 0.25) is 0 Å². The van der Waals surface area contributed by atoms with Crippen molar-refractivity contribution in [2.24, 2.45) is 5.92 Å². The van der Waals surface area contributed by atoms with Gasteiger partial charge in [-0.15, -0.1) is 0 Å². The van der Waals surface area contributed by atoms with Crippen LogP contribution in [0.4, 0.5) is 18.9 Å². The first-order chi connectivity index (χ1) is 11.8. The number of anilines is 1. The molecule has 3 rings (SSSR count). The second-order valence-electron chi connectivity index (χ2n) is 6.05. The Kier molecular flexibility index (Phi) is 4.20. The van der Waals surface area contributed by atoms with Crippen LogP contribution in [0.15, 0.2) is 23.0 Å². The van der Waals surface area contributed by atoms with Crippen LogP contribution < -0.4 is 10.9 Å². The molecule has 1 aliphatic carbocycles. The number of carbonyl (C=O) groups is 2. The van der Waals surface area contributed by atoms with E-state index in [4.69, 9.17) is 0 Å². The number of rotatable bonds is 2. The number of nitrogens with one attached hydrogen (secondary N) is 2. The molecule has 0 fully saturated rings. The first kappa shape index (κ1) is 16.9. The maximum atomic E-state index is 13.2. The standard InChI is InChI=1S/C17H13F3N2O3/c1-7-2-13-9(14(23)3-7)6-10(17(25)22-13)16(24)21-8-4-11(18)15(20)12(19)5-8/h4-7H,2-3H2,1H3,(H,21,24)(H,22,25). The summed E-state index contributed by atoms with van der Waals surface area (Å²) in [5.41, 5.74) is -0.727. The number of halogens is 3. The maximum absolute atomic E-state index is 13.2. The Hall–Kier alpha value is -2.90. The summed E-state index contributed by atoms with van der Waals surface area (Å²) in [6.07, 6.45) is 0.807. The molecule has 1 aliphatic rings. The van der Waals surface area contributed by atoms with Gasteiger partial charge in [-0.05, 0) is 18.4 Å². The van der Waals surface area contributed by atoms with Crippen molar-refractivity contribution in [3.63, 3.8) is 0 Å². The van der Waals surface area contributed by atoms with E-state index in [0.29, 0.717) is 30.7 Å². The van der Waals surface area contributed by atoms with Gasteiger partial charge in [0, 0.05) is 35.5 Å². The van der Waals surface area contributed by atoms with Crippen LogP contribution in [-0.2, 0) is 6.42 Å². The summed E-state index contributed by atoms with van der Waals surface area (Å²) in [5, 5.41) is 2.12. The van der Waals surface area contributed by atoms with Crippen LogP contribution in [0.25, 0.3) is 0 Å². The fourth-order valence-corrected chi connectivity index (χ4v) is 2.82. The zero-order valence-electron chi connectivity index (χ0n) is 13.1. The molecule has 0 spiro atoms. The van der Waals surface area contributed by atoms with Crippen LogP contribution in [-0.4, -0.2) is 16.7 Å². The van der Waals surface area contributed by atoms with Gasteiger partial charge in [0.05, 0.1) is 0 Å². The Balaban J connectivity index is 1.94. The van der Waals surface area contributed by atoms with E-state index in [1.807, 2.05) is 6.92 Å². The molecule has 1 heterocycles. The second kappa shape index (κ2) is 6.19. The van der Waals surface area contributed by atoms with E-state index >= 15 is 0 Å². The number of fused-ring (bicyclic) bond motifs is 1. The number of pyridine rings is 1. The van der Waals surface area contributed by atoms with Crippen LogP contribution in [0, 0.1) is 23.4 Å². The molecule has 2 N–H and O–H groups in total. The highest BCUT2D eigenvalue weighted by atomic mass is 19.2. The molecule has 1 aromatic carbocycles. The van der Waals surface area contributed by atoms with Gasteiger partial charge >= 0.3 is 0 Å². The lowest BCUT2D eigenvalue weighted by Gasteiger charge is -2.20. The van der Waals surface area contributed by atoms with Crippen molar-refractivity contribution in [3.8, 4) is 0 Å². The molecule has 1 amide bonds. The van der Waals surface area contributed by atoms with Crippen LogP contribution >= 0.6 is 0 Å². The summed E-state index contributed by atoms with van der Waals surface area (Å²) >= 11 is 0. The molecule has 1 unspecified atom stereocenters. The van der Waals surface area contributed by atoms with Gasteiger partial charge in [0.15, 0.2) is 23.2 Å². The highest BCUT2D eigenvalue weighted by molar-refractivity contribution is 6.06. The van der Waals surface area contributed by atoms with Crippen molar-refractivity contribution in [3.05, 3.63) is 62.8 Å². The number of aromatic amines is 1. The van der Waals surface area contributed by atoms with Crippen LogP contribution in [0.1, 0.15) is 39.8 Å². The number of amides is 1. The van der Waals surface area contributed by atoms with E-state index in [0.717, 1.165) is 0 Å². The molecule has 8 heteroatoms.